The SMILES string of the molecule is CCCNc1cc(-c2cnn(C)c2)nc(CSCCC)n1. The predicted molar refractivity (Wildman–Crippen MR) is 89.5 cm³/mol. The maximum atomic E-state index is 4.67. The molecule has 0 saturated carbocycles. The molecule has 2 aromatic rings. The second kappa shape index (κ2) is 8.02. The van der Waals surface area contributed by atoms with Gasteiger partial charge in [-0.25, -0.2) is 9.97 Å². The standard InChI is InChI=1S/C15H23N5S/c1-4-6-16-14-8-13(12-9-17-20(3)10-12)18-15(19-14)11-21-7-5-2/h8-10H,4-7,11H2,1-3H3,(H,16,18,19). The Kier molecular flexibility index (Phi) is 6.04. The lowest BCUT2D eigenvalue weighted by Crippen LogP contribution is -2.05. The van der Waals surface area contributed by atoms with E-state index in [1.54, 1.807) is 4.68 Å². The molecule has 0 aliphatic rings. The van der Waals surface area contributed by atoms with Gasteiger partial charge >= 0.3 is 0 Å². The fraction of sp³-hybridized carbons (Fsp3) is 0.533. The van der Waals surface area contributed by atoms with Gasteiger partial charge < -0.3 is 5.32 Å². The van der Waals surface area contributed by atoms with Crippen LogP contribution in [-0.4, -0.2) is 32.0 Å². The van der Waals surface area contributed by atoms with E-state index in [0.29, 0.717) is 0 Å². The third kappa shape index (κ3) is 4.74. The Bertz CT molecular complexity index is 567. The third-order valence-corrected chi connectivity index (χ3v) is 4.07. The molecule has 0 aliphatic heterocycles. The number of aryl methyl sites for hydroxylation is 1. The van der Waals surface area contributed by atoms with E-state index < -0.39 is 0 Å². The van der Waals surface area contributed by atoms with Gasteiger partial charge in [0, 0.05) is 31.4 Å². The van der Waals surface area contributed by atoms with Crippen LogP contribution in [0, 0.1) is 0 Å². The first-order valence-corrected chi connectivity index (χ1v) is 8.57. The maximum Gasteiger partial charge on any atom is 0.141 e. The van der Waals surface area contributed by atoms with E-state index in [4.69, 9.17) is 0 Å². The quantitative estimate of drug-likeness (QED) is 0.758. The molecule has 1 N–H and O–H groups in total. The van der Waals surface area contributed by atoms with Crippen LogP contribution in [-0.2, 0) is 12.8 Å². The molecule has 2 rings (SSSR count). The molecule has 114 valence electrons. The van der Waals surface area contributed by atoms with E-state index in [-0.39, 0.29) is 0 Å². The molecule has 0 bridgehead atoms. The fourth-order valence-electron chi connectivity index (χ4n) is 1.91. The summed E-state index contributed by atoms with van der Waals surface area (Å²) in [6.45, 7) is 5.26. The van der Waals surface area contributed by atoms with Crippen LogP contribution < -0.4 is 5.32 Å². The van der Waals surface area contributed by atoms with Crippen LogP contribution in [0.3, 0.4) is 0 Å². The van der Waals surface area contributed by atoms with Crippen molar-refractivity contribution >= 4 is 17.6 Å². The predicted octanol–water partition coefficient (Wildman–Crippen LogP) is 3.34. The Morgan fingerprint density at radius 2 is 2.10 bits per heavy atom. The molecule has 0 spiro atoms. The van der Waals surface area contributed by atoms with Crippen molar-refractivity contribution in [3.8, 4) is 11.3 Å². The van der Waals surface area contributed by atoms with Crippen LogP contribution in [0.15, 0.2) is 18.5 Å². The average Bonchev–Trinajstić information content (AvgIpc) is 2.92. The molecular formula is C15H23N5S. The molecule has 0 fully saturated rings. The number of nitrogens with one attached hydrogen (secondary N) is 1. The molecule has 2 heterocycles. The first-order valence-electron chi connectivity index (χ1n) is 7.41. The monoisotopic (exact) mass is 305 g/mol. The summed E-state index contributed by atoms with van der Waals surface area (Å²) in [6.07, 6.45) is 6.07. The van der Waals surface area contributed by atoms with Gasteiger partial charge in [0.1, 0.15) is 11.6 Å². The van der Waals surface area contributed by atoms with Gasteiger partial charge in [-0.05, 0) is 18.6 Å². The Morgan fingerprint density at radius 3 is 2.76 bits per heavy atom. The first kappa shape index (κ1) is 15.8. The largest absolute Gasteiger partial charge is 0.370 e. The molecule has 5 nitrogen and oxygen atoms in total. The van der Waals surface area contributed by atoms with Crippen molar-refractivity contribution in [3.05, 3.63) is 24.3 Å². The summed E-state index contributed by atoms with van der Waals surface area (Å²) >= 11 is 1.87. The number of rotatable bonds is 8. The molecule has 0 atom stereocenters. The average molecular weight is 305 g/mol. The maximum absolute atomic E-state index is 4.67. The van der Waals surface area contributed by atoms with Crippen LogP contribution in [0.4, 0.5) is 5.82 Å². The molecule has 21 heavy (non-hydrogen) atoms. The molecule has 0 aromatic carbocycles. The topological polar surface area (TPSA) is 55.6 Å². The lowest BCUT2D eigenvalue weighted by Gasteiger charge is -2.08. The smallest absolute Gasteiger partial charge is 0.141 e. The van der Waals surface area contributed by atoms with Gasteiger partial charge in [0.05, 0.1) is 17.6 Å². The summed E-state index contributed by atoms with van der Waals surface area (Å²) in [5.74, 6) is 3.77. The molecule has 0 saturated heterocycles. The highest BCUT2D eigenvalue weighted by Crippen LogP contribution is 2.21. The Hall–Kier alpha value is -1.56. The normalized spacial score (nSPS) is 10.8. The summed E-state index contributed by atoms with van der Waals surface area (Å²) in [5, 5.41) is 7.58. The summed E-state index contributed by atoms with van der Waals surface area (Å²) in [4.78, 5) is 9.28. The molecule has 0 unspecified atom stereocenters. The van der Waals surface area contributed by atoms with E-state index >= 15 is 0 Å². The lowest BCUT2D eigenvalue weighted by atomic mass is 10.2. The van der Waals surface area contributed by atoms with Crippen molar-refractivity contribution in [1.29, 1.82) is 0 Å². The molecule has 2 aromatic heterocycles. The van der Waals surface area contributed by atoms with Crippen LogP contribution in [0.25, 0.3) is 11.3 Å². The highest BCUT2D eigenvalue weighted by atomic mass is 32.2. The zero-order valence-corrected chi connectivity index (χ0v) is 13.8. The molecule has 6 heteroatoms. The third-order valence-electron chi connectivity index (χ3n) is 2.91. The van der Waals surface area contributed by atoms with Crippen molar-refractivity contribution in [2.24, 2.45) is 7.05 Å². The molecule has 0 radical (unpaired) electrons. The first-order chi connectivity index (χ1) is 10.2. The Morgan fingerprint density at radius 1 is 1.24 bits per heavy atom. The van der Waals surface area contributed by atoms with Crippen LogP contribution >= 0.6 is 11.8 Å². The van der Waals surface area contributed by atoms with Gasteiger partial charge in [0.15, 0.2) is 0 Å². The minimum Gasteiger partial charge on any atom is -0.370 e. The van der Waals surface area contributed by atoms with E-state index in [1.807, 2.05) is 37.3 Å². The summed E-state index contributed by atoms with van der Waals surface area (Å²) < 4.78 is 1.79. The zero-order valence-electron chi connectivity index (χ0n) is 13.0. The Balaban J connectivity index is 2.23. The summed E-state index contributed by atoms with van der Waals surface area (Å²) in [7, 11) is 1.92. The second-order valence-electron chi connectivity index (χ2n) is 4.94. The van der Waals surface area contributed by atoms with Gasteiger partial charge in [-0.1, -0.05) is 13.8 Å². The zero-order chi connectivity index (χ0) is 15.1. The minimum absolute atomic E-state index is 0.850. The summed E-state index contributed by atoms with van der Waals surface area (Å²) in [6, 6.07) is 2.00. The highest BCUT2D eigenvalue weighted by molar-refractivity contribution is 7.98. The van der Waals surface area contributed by atoms with Gasteiger partial charge in [-0.15, -0.1) is 0 Å². The number of aromatic nitrogens is 4. The summed E-state index contributed by atoms with van der Waals surface area (Å²) in [5.41, 5.74) is 1.96. The van der Waals surface area contributed by atoms with Crippen molar-refractivity contribution in [2.45, 2.75) is 32.4 Å². The van der Waals surface area contributed by atoms with E-state index in [1.165, 1.54) is 6.42 Å². The van der Waals surface area contributed by atoms with Crippen molar-refractivity contribution in [3.63, 3.8) is 0 Å². The van der Waals surface area contributed by atoms with E-state index in [0.717, 1.165) is 47.4 Å². The number of hydrogen-bond acceptors (Lipinski definition) is 5. The van der Waals surface area contributed by atoms with Gasteiger partial charge in [0.2, 0.25) is 0 Å². The molecule has 0 amide bonds. The van der Waals surface area contributed by atoms with E-state index in [9.17, 15) is 0 Å². The van der Waals surface area contributed by atoms with Crippen molar-refractivity contribution in [2.75, 3.05) is 17.6 Å². The van der Waals surface area contributed by atoms with Gasteiger partial charge in [-0.3, -0.25) is 4.68 Å². The fourth-order valence-corrected chi connectivity index (χ4v) is 2.66. The second-order valence-corrected chi connectivity index (χ2v) is 6.04. The number of anilines is 1. The Labute approximate surface area is 130 Å². The molecular weight excluding hydrogens is 282 g/mol. The van der Waals surface area contributed by atoms with Gasteiger partial charge in [-0.2, -0.15) is 16.9 Å². The van der Waals surface area contributed by atoms with Crippen LogP contribution in [0.2, 0.25) is 0 Å². The minimum atomic E-state index is 0.850. The van der Waals surface area contributed by atoms with Crippen molar-refractivity contribution < 1.29 is 0 Å². The van der Waals surface area contributed by atoms with Gasteiger partial charge in [0.25, 0.3) is 0 Å². The molecule has 0 aliphatic carbocycles. The van der Waals surface area contributed by atoms with E-state index in [2.05, 4.69) is 34.2 Å². The number of hydrogen-bond donors (Lipinski definition) is 1. The lowest BCUT2D eigenvalue weighted by molar-refractivity contribution is 0.768. The number of thioether (sulfide) groups is 1. The number of nitrogens with zero attached hydrogens (tertiary/aromatic N) is 4. The van der Waals surface area contributed by atoms with Crippen LogP contribution in [0.5, 0.6) is 0 Å². The highest BCUT2D eigenvalue weighted by Gasteiger charge is 2.08. The van der Waals surface area contributed by atoms with Crippen molar-refractivity contribution in [1.82, 2.24) is 19.7 Å². The van der Waals surface area contributed by atoms with Crippen LogP contribution in [0.1, 0.15) is 32.5 Å².